The molecule has 0 saturated carbocycles. The van der Waals surface area contributed by atoms with Gasteiger partial charge in [0.05, 0.1) is 23.1 Å². The summed E-state index contributed by atoms with van der Waals surface area (Å²) in [5.41, 5.74) is 1.64. The second kappa shape index (κ2) is 9.92. The zero-order valence-corrected chi connectivity index (χ0v) is 17.2. The molecule has 10 heteroatoms. The van der Waals surface area contributed by atoms with Crippen molar-refractivity contribution in [2.45, 2.75) is 0 Å². The SMILES string of the molecule is CN/C(=C\N(OCNc1ccccc1C(=O)O)S(=O)(=O)N(C)C)c1ccccc1. The predicted octanol–water partition coefficient (Wildman–Crippen LogP) is 2.01. The number of anilines is 1. The maximum atomic E-state index is 12.7. The fourth-order valence-corrected chi connectivity index (χ4v) is 3.08. The highest BCUT2D eigenvalue weighted by molar-refractivity contribution is 7.86. The van der Waals surface area contributed by atoms with Gasteiger partial charge in [0, 0.05) is 21.1 Å². The van der Waals surface area contributed by atoms with Crippen LogP contribution in [0.25, 0.3) is 5.70 Å². The molecule has 2 rings (SSSR count). The van der Waals surface area contributed by atoms with Gasteiger partial charge in [0.1, 0.15) is 6.73 Å². The molecule has 0 amide bonds. The first-order valence-electron chi connectivity index (χ1n) is 8.63. The fourth-order valence-electron chi connectivity index (χ4n) is 2.34. The molecule has 0 saturated heterocycles. The van der Waals surface area contributed by atoms with E-state index in [0.717, 1.165) is 14.3 Å². The maximum Gasteiger partial charge on any atom is 0.337 e. The monoisotopic (exact) mass is 420 g/mol. The van der Waals surface area contributed by atoms with Crippen molar-refractivity contribution in [2.24, 2.45) is 0 Å². The summed E-state index contributed by atoms with van der Waals surface area (Å²) in [5.74, 6) is -1.10. The first-order chi connectivity index (χ1) is 13.8. The van der Waals surface area contributed by atoms with E-state index in [2.05, 4.69) is 10.6 Å². The van der Waals surface area contributed by atoms with Crippen LogP contribution in [0.4, 0.5) is 5.69 Å². The number of para-hydroxylation sites is 1. The van der Waals surface area contributed by atoms with E-state index in [-0.39, 0.29) is 12.3 Å². The lowest BCUT2D eigenvalue weighted by Gasteiger charge is -2.24. The highest BCUT2D eigenvalue weighted by Crippen LogP contribution is 2.17. The minimum absolute atomic E-state index is 0.0499. The summed E-state index contributed by atoms with van der Waals surface area (Å²) < 4.78 is 27.1. The van der Waals surface area contributed by atoms with Crippen LogP contribution in [0.15, 0.2) is 60.8 Å². The number of aromatic carboxylic acids is 1. The summed E-state index contributed by atoms with van der Waals surface area (Å²) in [6, 6.07) is 15.4. The second-order valence-electron chi connectivity index (χ2n) is 6.01. The third kappa shape index (κ3) is 5.70. The summed E-state index contributed by atoms with van der Waals surface area (Å²) in [6.45, 7) is -0.278. The predicted molar refractivity (Wildman–Crippen MR) is 111 cm³/mol. The van der Waals surface area contributed by atoms with Gasteiger partial charge < -0.3 is 15.7 Å². The molecule has 0 aromatic heterocycles. The molecular weight excluding hydrogens is 396 g/mol. The molecule has 156 valence electrons. The van der Waals surface area contributed by atoms with E-state index in [1.165, 1.54) is 26.4 Å². The number of hydrogen-bond donors (Lipinski definition) is 3. The summed E-state index contributed by atoms with van der Waals surface area (Å²) in [4.78, 5) is 16.7. The maximum absolute atomic E-state index is 12.7. The van der Waals surface area contributed by atoms with Crippen LogP contribution in [0.2, 0.25) is 0 Å². The van der Waals surface area contributed by atoms with E-state index in [0.29, 0.717) is 11.4 Å². The minimum atomic E-state index is -3.96. The molecule has 9 nitrogen and oxygen atoms in total. The molecule has 0 unspecified atom stereocenters. The molecule has 2 aromatic rings. The standard InChI is InChI=1S/C19H24N4O5S/c1-20-18(15-9-5-4-6-10-15)13-23(29(26,27)22(2)3)28-14-21-17-12-8-7-11-16(17)19(24)25/h4-13,20-21H,14H2,1-3H3,(H,24,25)/b18-13-. The van der Waals surface area contributed by atoms with Crippen LogP contribution < -0.4 is 10.6 Å². The van der Waals surface area contributed by atoms with Crippen LogP contribution in [0.3, 0.4) is 0 Å². The van der Waals surface area contributed by atoms with E-state index in [1.807, 2.05) is 30.3 Å². The average Bonchev–Trinajstić information content (AvgIpc) is 2.71. The third-order valence-electron chi connectivity index (χ3n) is 3.89. The number of carboxylic acid groups (broad SMARTS) is 1. The summed E-state index contributed by atoms with van der Waals surface area (Å²) >= 11 is 0. The number of hydrogen-bond acceptors (Lipinski definition) is 6. The number of benzene rings is 2. The highest BCUT2D eigenvalue weighted by atomic mass is 32.2. The van der Waals surface area contributed by atoms with Crippen molar-refractivity contribution in [3.8, 4) is 0 Å². The topological polar surface area (TPSA) is 111 Å². The van der Waals surface area contributed by atoms with E-state index in [1.54, 1.807) is 25.2 Å². The lowest BCUT2D eigenvalue weighted by molar-refractivity contribution is -0.0403. The van der Waals surface area contributed by atoms with Gasteiger partial charge in [0.15, 0.2) is 0 Å². The van der Waals surface area contributed by atoms with Gasteiger partial charge in [-0.25, -0.2) is 9.63 Å². The molecule has 3 N–H and O–H groups in total. The lowest BCUT2D eigenvalue weighted by Crippen LogP contribution is -2.38. The summed E-state index contributed by atoms with van der Waals surface area (Å²) in [7, 11) is 0.472. The average molecular weight is 420 g/mol. The zero-order chi connectivity index (χ0) is 21.4. The van der Waals surface area contributed by atoms with E-state index in [4.69, 9.17) is 4.84 Å². The number of hydroxylamine groups is 1. The van der Waals surface area contributed by atoms with Gasteiger partial charge >= 0.3 is 16.2 Å². The molecular formula is C19H24N4O5S. The molecule has 0 radical (unpaired) electrons. The Hall–Kier alpha value is -3.08. The van der Waals surface area contributed by atoms with Crippen LogP contribution in [0, 0.1) is 0 Å². The van der Waals surface area contributed by atoms with Crippen LogP contribution in [-0.2, 0) is 15.0 Å². The molecule has 29 heavy (non-hydrogen) atoms. The van der Waals surface area contributed by atoms with E-state index >= 15 is 0 Å². The molecule has 0 atom stereocenters. The van der Waals surface area contributed by atoms with Crippen LogP contribution in [-0.4, -0.2) is 56.1 Å². The number of carbonyl (C=O) groups is 1. The van der Waals surface area contributed by atoms with Crippen molar-refractivity contribution in [3.63, 3.8) is 0 Å². The Balaban J connectivity index is 2.26. The van der Waals surface area contributed by atoms with Gasteiger partial charge in [0.2, 0.25) is 0 Å². The van der Waals surface area contributed by atoms with Gasteiger partial charge in [-0.15, -0.1) is 4.47 Å². The molecule has 0 fully saturated rings. The Bertz CT molecular complexity index is 962. The molecule has 0 heterocycles. The summed E-state index contributed by atoms with van der Waals surface area (Å²) in [6.07, 6.45) is 1.31. The van der Waals surface area contributed by atoms with Crippen molar-refractivity contribution >= 4 is 27.6 Å². The number of rotatable bonds is 10. The normalized spacial score (nSPS) is 11.9. The molecule has 0 aliphatic rings. The third-order valence-corrected chi connectivity index (χ3v) is 5.48. The molecule has 0 bridgehead atoms. The Morgan fingerprint density at radius 2 is 1.72 bits per heavy atom. The minimum Gasteiger partial charge on any atom is -0.478 e. The lowest BCUT2D eigenvalue weighted by atomic mass is 10.2. The second-order valence-corrected chi connectivity index (χ2v) is 7.99. The van der Waals surface area contributed by atoms with Crippen molar-refractivity contribution in [3.05, 3.63) is 71.9 Å². The zero-order valence-electron chi connectivity index (χ0n) is 16.4. The largest absolute Gasteiger partial charge is 0.478 e. The number of carboxylic acids is 1. The van der Waals surface area contributed by atoms with Crippen molar-refractivity contribution in [2.75, 3.05) is 33.2 Å². The van der Waals surface area contributed by atoms with Gasteiger partial charge in [-0.1, -0.05) is 42.5 Å². The van der Waals surface area contributed by atoms with Crippen LogP contribution in [0.5, 0.6) is 0 Å². The first-order valence-corrected chi connectivity index (χ1v) is 10.0. The van der Waals surface area contributed by atoms with E-state index in [9.17, 15) is 18.3 Å². The fraction of sp³-hybridized carbons (Fsp3) is 0.211. The molecule has 0 aliphatic carbocycles. The Morgan fingerprint density at radius 1 is 1.10 bits per heavy atom. The number of nitrogens with zero attached hydrogens (tertiary/aromatic N) is 2. The number of nitrogens with one attached hydrogen (secondary N) is 2. The van der Waals surface area contributed by atoms with Crippen LogP contribution >= 0.6 is 0 Å². The first kappa shape index (κ1) is 22.2. The van der Waals surface area contributed by atoms with Crippen LogP contribution in [0.1, 0.15) is 15.9 Å². The molecule has 2 aromatic carbocycles. The summed E-state index contributed by atoms with van der Waals surface area (Å²) in [5, 5.41) is 15.0. The smallest absolute Gasteiger partial charge is 0.337 e. The quantitative estimate of drug-likeness (QED) is 0.398. The van der Waals surface area contributed by atoms with Gasteiger partial charge in [-0.05, 0) is 17.7 Å². The highest BCUT2D eigenvalue weighted by Gasteiger charge is 2.24. The van der Waals surface area contributed by atoms with Crippen molar-refractivity contribution in [1.29, 1.82) is 0 Å². The Morgan fingerprint density at radius 3 is 2.31 bits per heavy atom. The van der Waals surface area contributed by atoms with Gasteiger partial charge in [-0.3, -0.25) is 0 Å². The Kier molecular flexibility index (Phi) is 7.59. The van der Waals surface area contributed by atoms with Gasteiger partial charge in [-0.2, -0.15) is 12.7 Å². The molecule has 0 spiro atoms. The van der Waals surface area contributed by atoms with Crippen molar-refractivity contribution in [1.82, 2.24) is 14.1 Å². The Labute approximate surface area is 170 Å². The molecule has 0 aliphatic heterocycles. The van der Waals surface area contributed by atoms with Crippen molar-refractivity contribution < 1.29 is 23.2 Å². The van der Waals surface area contributed by atoms with Gasteiger partial charge in [0.25, 0.3) is 0 Å². The van der Waals surface area contributed by atoms with E-state index < -0.39 is 16.2 Å².